The number of rotatable bonds is 7. The molecule has 2 atom stereocenters. The largest absolute Gasteiger partial charge is 0.395 e. The number of aryl methyl sites for hydroxylation is 2. The van der Waals surface area contributed by atoms with Gasteiger partial charge >= 0.3 is 0 Å². The van der Waals surface area contributed by atoms with E-state index in [1.807, 2.05) is 27.0 Å². The van der Waals surface area contributed by atoms with Crippen LogP contribution in [0.5, 0.6) is 0 Å². The van der Waals surface area contributed by atoms with E-state index in [0.29, 0.717) is 5.75 Å². The lowest BCUT2D eigenvalue weighted by atomic mass is 10.2. The lowest BCUT2D eigenvalue weighted by Gasteiger charge is -2.21. The van der Waals surface area contributed by atoms with Crippen molar-refractivity contribution in [1.82, 2.24) is 5.32 Å². The van der Waals surface area contributed by atoms with E-state index in [1.165, 1.54) is 5.56 Å². The van der Waals surface area contributed by atoms with Crippen LogP contribution in [0.1, 0.15) is 18.1 Å². The fraction of sp³-hybridized carbons (Fsp3) is 0.533. The van der Waals surface area contributed by atoms with E-state index < -0.39 is 0 Å². The van der Waals surface area contributed by atoms with Crippen LogP contribution in [0.3, 0.4) is 0 Å². The molecule has 3 nitrogen and oxygen atoms in total. The summed E-state index contributed by atoms with van der Waals surface area (Å²) in [5.74, 6) is 0.388. The van der Waals surface area contributed by atoms with Crippen molar-refractivity contribution in [2.45, 2.75) is 37.0 Å². The average molecular weight is 392 g/mol. The van der Waals surface area contributed by atoms with Gasteiger partial charge in [0.1, 0.15) is 0 Å². The third kappa shape index (κ3) is 5.85. The molecule has 6 heteroatoms. The molecule has 21 heavy (non-hydrogen) atoms. The third-order valence-corrected chi connectivity index (χ3v) is 6.42. The van der Waals surface area contributed by atoms with Gasteiger partial charge in [0.05, 0.1) is 12.4 Å². The molecule has 2 unspecified atom stereocenters. The molecule has 1 rings (SSSR count). The molecular weight excluding hydrogens is 370 g/mol. The van der Waals surface area contributed by atoms with Crippen molar-refractivity contribution < 1.29 is 9.90 Å². The molecule has 0 aliphatic heterocycles. The Kier molecular flexibility index (Phi) is 8.16. The number of hydrogen-bond acceptors (Lipinski definition) is 4. The number of thioether (sulfide) groups is 2. The van der Waals surface area contributed by atoms with Crippen molar-refractivity contribution in [3.63, 3.8) is 0 Å². The highest BCUT2D eigenvalue weighted by atomic mass is 79.9. The van der Waals surface area contributed by atoms with Crippen molar-refractivity contribution >= 4 is 45.4 Å². The Bertz CT molecular complexity index is 493. The van der Waals surface area contributed by atoms with Crippen LogP contribution in [0, 0.1) is 13.8 Å². The minimum atomic E-state index is -0.0362. The summed E-state index contributed by atoms with van der Waals surface area (Å²) in [7, 11) is 0. The highest BCUT2D eigenvalue weighted by molar-refractivity contribution is 9.10. The van der Waals surface area contributed by atoms with E-state index in [-0.39, 0.29) is 23.8 Å². The zero-order chi connectivity index (χ0) is 16.0. The molecule has 1 aromatic carbocycles. The van der Waals surface area contributed by atoms with Gasteiger partial charge in [-0.2, -0.15) is 11.8 Å². The maximum absolute atomic E-state index is 12.0. The number of aliphatic hydroxyl groups is 1. The first-order chi connectivity index (χ1) is 9.88. The summed E-state index contributed by atoms with van der Waals surface area (Å²) in [4.78, 5) is 13.1. The van der Waals surface area contributed by atoms with Gasteiger partial charge in [0.25, 0.3) is 0 Å². The quantitative estimate of drug-likeness (QED) is 0.699. The van der Waals surface area contributed by atoms with Gasteiger partial charge in [-0.1, -0.05) is 15.9 Å². The predicted octanol–water partition coefficient (Wildman–Crippen LogP) is 3.39. The predicted molar refractivity (Wildman–Crippen MR) is 96.3 cm³/mol. The van der Waals surface area contributed by atoms with Gasteiger partial charge in [-0.25, -0.2) is 0 Å². The number of halogens is 1. The van der Waals surface area contributed by atoms with E-state index in [0.717, 1.165) is 14.9 Å². The number of carbonyl (C=O) groups is 1. The molecule has 0 bridgehead atoms. The van der Waals surface area contributed by atoms with E-state index in [9.17, 15) is 9.90 Å². The molecule has 0 fully saturated rings. The molecule has 0 aliphatic rings. The first-order valence-corrected chi connectivity index (χ1v) is 9.78. The number of benzene rings is 1. The highest BCUT2D eigenvalue weighted by Gasteiger charge is 2.17. The molecule has 0 heterocycles. The summed E-state index contributed by atoms with van der Waals surface area (Å²) in [5, 5.41) is 12.2. The highest BCUT2D eigenvalue weighted by Crippen LogP contribution is 2.28. The summed E-state index contributed by atoms with van der Waals surface area (Å²) in [5.41, 5.74) is 2.33. The van der Waals surface area contributed by atoms with Crippen LogP contribution >= 0.6 is 39.5 Å². The van der Waals surface area contributed by atoms with E-state index in [2.05, 4.69) is 33.4 Å². The Hall–Kier alpha value is -0.170. The van der Waals surface area contributed by atoms with Crippen molar-refractivity contribution in [2.24, 2.45) is 0 Å². The number of aliphatic hydroxyl groups excluding tert-OH is 1. The molecule has 1 amide bonds. The van der Waals surface area contributed by atoms with Gasteiger partial charge in [0.15, 0.2) is 0 Å². The van der Waals surface area contributed by atoms with E-state index in [4.69, 9.17) is 0 Å². The maximum atomic E-state index is 12.0. The van der Waals surface area contributed by atoms with Crippen molar-refractivity contribution in [3.05, 3.63) is 27.7 Å². The summed E-state index contributed by atoms with van der Waals surface area (Å²) >= 11 is 6.62. The second kappa shape index (κ2) is 9.08. The fourth-order valence-corrected chi connectivity index (χ4v) is 3.88. The van der Waals surface area contributed by atoms with Crippen LogP contribution in [-0.2, 0) is 4.79 Å². The van der Waals surface area contributed by atoms with Crippen LogP contribution in [0.2, 0.25) is 0 Å². The van der Waals surface area contributed by atoms with E-state index in [1.54, 1.807) is 23.5 Å². The van der Waals surface area contributed by atoms with E-state index >= 15 is 0 Å². The molecule has 1 aromatic rings. The van der Waals surface area contributed by atoms with Gasteiger partial charge in [0.2, 0.25) is 5.91 Å². The Labute approximate surface area is 143 Å². The number of nitrogens with one attached hydrogen (secondary N) is 1. The van der Waals surface area contributed by atoms with Crippen LogP contribution < -0.4 is 5.32 Å². The van der Waals surface area contributed by atoms with Gasteiger partial charge in [0, 0.05) is 20.7 Å². The monoisotopic (exact) mass is 391 g/mol. The molecule has 0 saturated carbocycles. The molecular formula is C15H22BrNO2S2. The van der Waals surface area contributed by atoms with Crippen LogP contribution in [0.4, 0.5) is 0 Å². The Morgan fingerprint density at radius 3 is 2.62 bits per heavy atom. The lowest BCUT2D eigenvalue weighted by molar-refractivity contribution is -0.119. The second-order valence-corrected chi connectivity index (χ2v) is 7.92. The average Bonchev–Trinajstić information content (AvgIpc) is 2.42. The summed E-state index contributed by atoms with van der Waals surface area (Å²) in [6.45, 7) is 6.08. The first-order valence-electron chi connectivity index (χ1n) is 6.71. The number of carbonyl (C=O) groups excluding carboxylic acids is 1. The smallest absolute Gasteiger partial charge is 0.230 e. The summed E-state index contributed by atoms with van der Waals surface area (Å²) < 4.78 is 1.09. The van der Waals surface area contributed by atoms with Gasteiger partial charge in [-0.05, 0) is 50.3 Å². The van der Waals surface area contributed by atoms with Gasteiger partial charge < -0.3 is 10.4 Å². The van der Waals surface area contributed by atoms with Crippen molar-refractivity contribution in [3.8, 4) is 0 Å². The second-order valence-electron chi connectivity index (χ2n) is 4.97. The van der Waals surface area contributed by atoms with Gasteiger partial charge in [-0.15, -0.1) is 11.8 Å². The fourth-order valence-electron chi connectivity index (χ4n) is 1.88. The maximum Gasteiger partial charge on any atom is 0.230 e. The Morgan fingerprint density at radius 1 is 1.38 bits per heavy atom. The van der Waals surface area contributed by atoms with Crippen LogP contribution in [0.25, 0.3) is 0 Å². The number of hydrogen-bond donors (Lipinski definition) is 2. The molecule has 0 aliphatic carbocycles. The normalized spacial score (nSPS) is 13.8. The van der Waals surface area contributed by atoms with Crippen molar-refractivity contribution in [2.75, 3.05) is 18.6 Å². The molecule has 0 aromatic heterocycles. The molecule has 0 spiro atoms. The topological polar surface area (TPSA) is 49.3 Å². The summed E-state index contributed by atoms with van der Waals surface area (Å²) in [6.07, 6.45) is 1.94. The molecule has 2 N–H and O–H groups in total. The summed E-state index contributed by atoms with van der Waals surface area (Å²) in [6, 6.07) is 4.14. The molecule has 0 saturated heterocycles. The SMILES string of the molecule is CSC(CO)C(C)NC(=O)CSc1cc(C)c(Br)cc1C. The minimum Gasteiger partial charge on any atom is -0.395 e. The Morgan fingerprint density at radius 2 is 2.05 bits per heavy atom. The molecule has 0 radical (unpaired) electrons. The first kappa shape index (κ1) is 18.9. The lowest BCUT2D eigenvalue weighted by Crippen LogP contribution is -2.42. The minimum absolute atomic E-state index is 0.0000261. The third-order valence-electron chi connectivity index (χ3n) is 3.24. The Balaban J connectivity index is 2.55. The zero-order valence-corrected chi connectivity index (χ0v) is 16.0. The molecule has 118 valence electrons. The van der Waals surface area contributed by atoms with Crippen molar-refractivity contribution in [1.29, 1.82) is 0 Å². The van der Waals surface area contributed by atoms with Gasteiger partial charge in [-0.3, -0.25) is 4.79 Å². The number of amides is 1. The zero-order valence-electron chi connectivity index (χ0n) is 12.8. The van der Waals surface area contributed by atoms with Crippen LogP contribution in [-0.4, -0.2) is 40.9 Å². The van der Waals surface area contributed by atoms with Crippen LogP contribution in [0.15, 0.2) is 21.5 Å². The standard InChI is InChI=1S/C15H22BrNO2S2/c1-9-6-13(10(2)5-12(9)16)21-8-15(19)17-11(3)14(7-18)20-4/h5-6,11,14,18H,7-8H2,1-4H3,(H,17,19).